The van der Waals surface area contributed by atoms with E-state index in [1.807, 2.05) is 43.7 Å². The van der Waals surface area contributed by atoms with Crippen LogP contribution in [0.4, 0.5) is 0 Å². The molecule has 1 amide bonds. The zero-order valence-electron chi connectivity index (χ0n) is 24.5. The highest BCUT2D eigenvalue weighted by Crippen LogP contribution is 2.55. The number of Topliss-reactive ketones (excluding diaryl/α,β-unsaturated/α-hetero) is 4. The number of imidazole rings is 1. The number of aliphatic hydroxyl groups is 1. The molecule has 5 rings (SSSR count). The lowest BCUT2D eigenvalue weighted by molar-refractivity contribution is -0.181. The number of ketones is 4. The summed E-state index contributed by atoms with van der Waals surface area (Å²) in [6.07, 6.45) is 6.82. The minimum absolute atomic E-state index is 0.0211. The Balaban J connectivity index is 1.54. The molecule has 11 nitrogen and oxygen atoms in total. The van der Waals surface area contributed by atoms with Crippen LogP contribution in [-0.4, -0.2) is 79.4 Å². The first-order valence-corrected chi connectivity index (χ1v) is 14.3. The van der Waals surface area contributed by atoms with Crippen molar-refractivity contribution in [2.75, 3.05) is 14.1 Å². The Morgan fingerprint density at radius 2 is 1.88 bits per heavy atom. The van der Waals surface area contributed by atoms with Gasteiger partial charge in [-0.2, -0.15) is 0 Å². The second kappa shape index (κ2) is 10.2. The van der Waals surface area contributed by atoms with Crippen LogP contribution in [0.3, 0.4) is 0 Å². The second-order valence-electron chi connectivity index (χ2n) is 13.0. The van der Waals surface area contributed by atoms with E-state index in [0.29, 0.717) is 17.5 Å². The fourth-order valence-corrected chi connectivity index (χ4v) is 7.72. The number of carbonyl (C=O) groups is 5. The van der Waals surface area contributed by atoms with E-state index in [9.17, 15) is 34.2 Å². The van der Waals surface area contributed by atoms with Crippen LogP contribution in [0.25, 0.3) is 0 Å². The molecule has 0 saturated heterocycles. The third-order valence-corrected chi connectivity index (χ3v) is 9.96. The van der Waals surface area contributed by atoms with Crippen molar-refractivity contribution in [1.82, 2.24) is 14.5 Å². The number of aryl methyl sites for hydroxylation is 1. The lowest BCUT2D eigenvalue weighted by Gasteiger charge is -2.53. The minimum Gasteiger partial charge on any atom is -0.507 e. The number of primary amides is 1. The van der Waals surface area contributed by atoms with Gasteiger partial charge in [0.1, 0.15) is 5.75 Å². The Hall–Kier alpha value is -3.70. The van der Waals surface area contributed by atoms with Gasteiger partial charge in [0.25, 0.3) is 0 Å². The van der Waals surface area contributed by atoms with Crippen LogP contribution in [0, 0.1) is 23.7 Å². The second-order valence-corrected chi connectivity index (χ2v) is 13.0. The largest absolute Gasteiger partial charge is 0.507 e. The van der Waals surface area contributed by atoms with Crippen molar-refractivity contribution in [3.63, 3.8) is 0 Å². The number of aromatic nitrogens is 2. The SMILES string of the molecule is C[C@H]1c2ccc(C(C)(C)CCCn3ccnc3)c(O)c2C(=O)C2C(=O)[C@]3(O)C(=O)C(C(N)=O)C(=O)[C@@H](N(C)C)[C@@H]3C[C@@H]21. The number of aromatic hydroxyl groups is 1. The Bertz CT molecular complexity index is 1480. The van der Waals surface area contributed by atoms with Crippen LogP contribution < -0.4 is 5.73 Å². The topological polar surface area (TPSA) is 173 Å². The number of phenolic OH excluding ortho intramolecular Hbond substituents is 1. The summed E-state index contributed by atoms with van der Waals surface area (Å²) in [6.45, 7) is 6.53. The number of fused-ring (bicyclic) bond motifs is 3. The van der Waals surface area contributed by atoms with E-state index >= 15 is 0 Å². The number of rotatable bonds is 7. The molecule has 0 aliphatic heterocycles. The molecule has 1 aromatic carbocycles. The van der Waals surface area contributed by atoms with Crippen molar-refractivity contribution >= 4 is 29.0 Å². The molecule has 1 aromatic heterocycles. The van der Waals surface area contributed by atoms with E-state index in [0.717, 1.165) is 13.0 Å². The van der Waals surface area contributed by atoms with Gasteiger partial charge in [-0.3, -0.25) is 28.9 Å². The average Bonchev–Trinajstić information content (AvgIpc) is 3.42. The van der Waals surface area contributed by atoms with E-state index in [4.69, 9.17) is 5.73 Å². The van der Waals surface area contributed by atoms with E-state index in [1.54, 1.807) is 26.6 Å². The van der Waals surface area contributed by atoms with Crippen molar-refractivity contribution in [1.29, 1.82) is 0 Å². The van der Waals surface area contributed by atoms with Gasteiger partial charge in [0.15, 0.2) is 34.7 Å². The van der Waals surface area contributed by atoms with Gasteiger partial charge >= 0.3 is 0 Å². The lowest BCUT2D eigenvalue weighted by atomic mass is 9.50. The molecule has 0 spiro atoms. The van der Waals surface area contributed by atoms with E-state index in [2.05, 4.69) is 4.98 Å². The van der Waals surface area contributed by atoms with Crippen LogP contribution in [0.15, 0.2) is 30.9 Å². The molecule has 0 bridgehead atoms. The fourth-order valence-electron chi connectivity index (χ4n) is 7.72. The number of phenols is 1. The fraction of sp³-hybridized carbons (Fsp3) is 0.548. The molecule has 3 aliphatic rings. The highest BCUT2D eigenvalue weighted by molar-refractivity contribution is 6.32. The number of amides is 1. The van der Waals surface area contributed by atoms with Crippen LogP contribution >= 0.6 is 0 Å². The van der Waals surface area contributed by atoms with Gasteiger partial charge in [0.2, 0.25) is 5.91 Å². The van der Waals surface area contributed by atoms with Gasteiger partial charge in [0.05, 0.1) is 23.9 Å². The first-order chi connectivity index (χ1) is 19.6. The Labute approximate surface area is 244 Å². The van der Waals surface area contributed by atoms with Crippen LogP contribution in [0.5, 0.6) is 5.75 Å². The molecule has 3 aliphatic carbocycles. The molecule has 11 heteroatoms. The Morgan fingerprint density at radius 3 is 2.48 bits per heavy atom. The van der Waals surface area contributed by atoms with E-state index in [-0.39, 0.29) is 17.7 Å². The normalized spacial score (nSPS) is 31.1. The zero-order valence-corrected chi connectivity index (χ0v) is 24.5. The number of likely N-dealkylation sites (N-methyl/N-ethyl adjacent to an activating group) is 1. The Kier molecular flexibility index (Phi) is 7.26. The van der Waals surface area contributed by atoms with Crippen molar-refractivity contribution in [3.05, 3.63) is 47.5 Å². The molecule has 1 heterocycles. The maximum Gasteiger partial charge on any atom is 0.235 e. The van der Waals surface area contributed by atoms with Gasteiger partial charge in [0, 0.05) is 30.4 Å². The summed E-state index contributed by atoms with van der Waals surface area (Å²) in [7, 11) is 3.13. The third-order valence-electron chi connectivity index (χ3n) is 9.96. The number of nitrogens with two attached hydrogens (primary N) is 1. The summed E-state index contributed by atoms with van der Waals surface area (Å²) < 4.78 is 1.96. The molecule has 2 unspecified atom stereocenters. The molecule has 2 saturated carbocycles. The maximum atomic E-state index is 14.1. The van der Waals surface area contributed by atoms with Crippen molar-refractivity contribution < 1.29 is 34.2 Å². The molecule has 0 radical (unpaired) electrons. The van der Waals surface area contributed by atoms with Gasteiger partial charge in [-0.05, 0) is 56.2 Å². The van der Waals surface area contributed by atoms with E-state index < -0.39 is 75.7 Å². The molecule has 2 aromatic rings. The van der Waals surface area contributed by atoms with Crippen LogP contribution in [0.2, 0.25) is 0 Å². The number of carbonyl (C=O) groups excluding carboxylic acids is 5. The molecule has 2 fully saturated rings. The molecular weight excluding hydrogens is 540 g/mol. The quantitative estimate of drug-likeness (QED) is 0.410. The minimum atomic E-state index is -2.74. The first kappa shape index (κ1) is 29.8. The summed E-state index contributed by atoms with van der Waals surface area (Å²) in [5, 5.41) is 23.3. The van der Waals surface area contributed by atoms with Crippen LogP contribution in [0.1, 0.15) is 67.4 Å². The standard InChI is InChI=1S/C31H38N4O7/c1-15-16-7-8-18(30(2,3)9-6-11-35-12-10-33-14-35)24(36)20(16)25(37)21-17(15)13-19-23(34(4)5)26(38)22(29(32)41)28(40)31(19,42)27(21)39/h7-8,10,12,14-15,17,19,21-23,36,42H,6,9,11,13H2,1-5H3,(H2,32,41)/t15-,17+,19-,21?,22?,23-,31-/m0/s1. The molecular formula is C31H38N4O7. The van der Waals surface area contributed by atoms with Gasteiger partial charge < -0.3 is 20.5 Å². The molecule has 42 heavy (non-hydrogen) atoms. The maximum absolute atomic E-state index is 14.1. The number of hydrogen-bond acceptors (Lipinski definition) is 9. The molecule has 224 valence electrons. The monoisotopic (exact) mass is 578 g/mol. The molecule has 4 N–H and O–H groups in total. The number of nitrogens with zero attached hydrogens (tertiary/aromatic N) is 3. The zero-order chi connectivity index (χ0) is 30.9. The van der Waals surface area contributed by atoms with Gasteiger partial charge in [-0.15, -0.1) is 0 Å². The molecule has 7 atom stereocenters. The highest BCUT2D eigenvalue weighted by Gasteiger charge is 2.70. The third kappa shape index (κ3) is 4.24. The summed E-state index contributed by atoms with van der Waals surface area (Å²) >= 11 is 0. The van der Waals surface area contributed by atoms with Crippen molar-refractivity contribution in [2.24, 2.45) is 29.4 Å². The van der Waals surface area contributed by atoms with Crippen molar-refractivity contribution in [2.45, 2.75) is 69.6 Å². The lowest BCUT2D eigenvalue weighted by Crippen LogP contribution is -2.74. The predicted octanol–water partition coefficient (Wildman–Crippen LogP) is 1.38. The summed E-state index contributed by atoms with van der Waals surface area (Å²) in [6, 6.07) is 2.51. The first-order valence-electron chi connectivity index (χ1n) is 14.3. The Morgan fingerprint density at radius 1 is 1.19 bits per heavy atom. The van der Waals surface area contributed by atoms with Gasteiger partial charge in [-0.25, -0.2) is 4.98 Å². The average molecular weight is 579 g/mol. The number of hydrogen-bond donors (Lipinski definition) is 3. The summed E-state index contributed by atoms with van der Waals surface area (Å²) in [5.74, 6) is -10.8. The predicted molar refractivity (Wildman–Crippen MR) is 151 cm³/mol. The summed E-state index contributed by atoms with van der Waals surface area (Å²) in [5.41, 5.74) is 3.30. The smallest absolute Gasteiger partial charge is 0.235 e. The van der Waals surface area contributed by atoms with Crippen molar-refractivity contribution in [3.8, 4) is 5.75 Å². The van der Waals surface area contributed by atoms with E-state index in [1.165, 1.54) is 4.90 Å². The number of benzene rings is 1. The van der Waals surface area contributed by atoms with Crippen LogP contribution in [-0.2, 0) is 31.1 Å². The summed E-state index contributed by atoms with van der Waals surface area (Å²) in [4.78, 5) is 72.7. The highest BCUT2D eigenvalue weighted by atomic mass is 16.3. The van der Waals surface area contributed by atoms with Gasteiger partial charge in [-0.1, -0.05) is 32.9 Å².